The summed E-state index contributed by atoms with van der Waals surface area (Å²) < 4.78 is 5.49. The molecule has 1 saturated heterocycles. The summed E-state index contributed by atoms with van der Waals surface area (Å²) in [4.78, 5) is 38.7. The molecule has 0 unspecified atom stereocenters. The Labute approximate surface area is 146 Å². The maximum Gasteiger partial charge on any atom is 0.254 e. The number of likely N-dealkylation sites (tertiary alicyclic amines) is 1. The van der Waals surface area contributed by atoms with Gasteiger partial charge in [0, 0.05) is 25.5 Å². The van der Waals surface area contributed by atoms with Gasteiger partial charge >= 0.3 is 0 Å². The molecule has 0 bridgehead atoms. The number of carbonyl (C=O) groups excluding carboxylic acids is 3. The number of amides is 3. The minimum Gasteiger partial charge on any atom is -0.464 e. The molecule has 1 aromatic heterocycles. The molecular weight excluding hydrogens is 320 g/mol. The highest BCUT2D eigenvalue weighted by Gasteiger charge is 2.28. The summed E-state index contributed by atoms with van der Waals surface area (Å²) in [6.45, 7) is 2.51. The number of nitrogens with zero attached hydrogens (tertiary/aromatic N) is 2. The zero-order valence-electron chi connectivity index (χ0n) is 14.3. The maximum atomic E-state index is 12.5. The number of carbonyl (C=O) groups is 3. The van der Waals surface area contributed by atoms with E-state index in [1.165, 1.54) is 4.90 Å². The molecule has 0 saturated carbocycles. The van der Waals surface area contributed by atoms with Gasteiger partial charge in [-0.05, 0) is 36.8 Å². The second-order valence-electron chi connectivity index (χ2n) is 6.24. The Hall–Kier alpha value is -2.89. The van der Waals surface area contributed by atoms with Crippen LogP contribution in [0, 0.1) is 6.92 Å². The summed E-state index contributed by atoms with van der Waals surface area (Å²) in [5, 5.41) is 0. The van der Waals surface area contributed by atoms with E-state index in [0.29, 0.717) is 12.1 Å². The highest BCUT2D eigenvalue weighted by atomic mass is 16.3. The smallest absolute Gasteiger partial charge is 0.254 e. The third-order valence-electron chi connectivity index (χ3n) is 4.23. The molecule has 1 aliphatic rings. The molecule has 1 fully saturated rings. The molecule has 1 aliphatic heterocycles. The second kappa shape index (κ2) is 6.93. The normalized spacial score (nSPS) is 14.2. The van der Waals surface area contributed by atoms with Crippen LogP contribution < -0.4 is 0 Å². The van der Waals surface area contributed by atoms with Crippen molar-refractivity contribution in [3.05, 3.63) is 59.0 Å². The van der Waals surface area contributed by atoms with Crippen LogP contribution in [0.25, 0.3) is 0 Å². The molecule has 0 aliphatic carbocycles. The fourth-order valence-corrected chi connectivity index (χ4v) is 2.83. The number of hydrogen-bond donors (Lipinski definition) is 0. The molecule has 1 aromatic carbocycles. The maximum absolute atomic E-state index is 12.5. The van der Waals surface area contributed by atoms with Gasteiger partial charge in [0.2, 0.25) is 11.8 Å². The minimum atomic E-state index is -0.140. The summed E-state index contributed by atoms with van der Waals surface area (Å²) >= 11 is 0. The zero-order chi connectivity index (χ0) is 18.0. The Morgan fingerprint density at radius 3 is 2.28 bits per heavy atom. The highest BCUT2D eigenvalue weighted by molar-refractivity contribution is 6.01. The van der Waals surface area contributed by atoms with E-state index in [2.05, 4.69) is 0 Å². The summed E-state index contributed by atoms with van der Waals surface area (Å²) in [6, 6.07) is 10.7. The van der Waals surface area contributed by atoms with Crippen LogP contribution in [0.2, 0.25) is 0 Å². The van der Waals surface area contributed by atoms with Gasteiger partial charge in [0.15, 0.2) is 0 Å². The number of imide groups is 1. The lowest BCUT2D eigenvalue weighted by Gasteiger charge is -2.17. The fraction of sp³-hybridized carbons (Fsp3) is 0.316. The van der Waals surface area contributed by atoms with Crippen LogP contribution in [-0.2, 0) is 22.7 Å². The van der Waals surface area contributed by atoms with Gasteiger partial charge in [0.25, 0.3) is 5.91 Å². The van der Waals surface area contributed by atoms with E-state index >= 15 is 0 Å². The van der Waals surface area contributed by atoms with Crippen LogP contribution in [0.1, 0.15) is 40.3 Å². The third-order valence-corrected chi connectivity index (χ3v) is 4.23. The van der Waals surface area contributed by atoms with Gasteiger partial charge in [-0.15, -0.1) is 0 Å². The van der Waals surface area contributed by atoms with Gasteiger partial charge in [0.05, 0.1) is 13.1 Å². The SMILES string of the molecule is Cc1ccc(CN(C)C(=O)c2ccc(CN3C(=O)CCC3=O)cc2)o1. The lowest BCUT2D eigenvalue weighted by Crippen LogP contribution is -2.28. The highest BCUT2D eigenvalue weighted by Crippen LogP contribution is 2.17. The molecule has 2 heterocycles. The lowest BCUT2D eigenvalue weighted by atomic mass is 10.1. The average Bonchev–Trinajstić information content (AvgIpc) is 3.14. The summed E-state index contributed by atoms with van der Waals surface area (Å²) in [7, 11) is 1.72. The van der Waals surface area contributed by atoms with Crippen molar-refractivity contribution < 1.29 is 18.8 Å². The largest absolute Gasteiger partial charge is 0.464 e. The van der Waals surface area contributed by atoms with E-state index in [1.54, 1.807) is 36.2 Å². The number of aryl methyl sites for hydroxylation is 1. The summed E-state index contributed by atoms with van der Waals surface area (Å²) in [6.07, 6.45) is 0.568. The molecular formula is C19H20N2O4. The Morgan fingerprint density at radius 2 is 1.72 bits per heavy atom. The molecule has 3 amide bonds. The first-order valence-electron chi connectivity index (χ1n) is 8.17. The Kier molecular flexibility index (Phi) is 4.70. The van der Waals surface area contributed by atoms with Crippen molar-refractivity contribution in [1.82, 2.24) is 9.80 Å². The predicted molar refractivity (Wildman–Crippen MR) is 90.5 cm³/mol. The van der Waals surface area contributed by atoms with E-state index in [1.807, 2.05) is 19.1 Å². The average molecular weight is 340 g/mol. The van der Waals surface area contributed by atoms with Crippen molar-refractivity contribution in [2.75, 3.05) is 7.05 Å². The van der Waals surface area contributed by atoms with E-state index in [9.17, 15) is 14.4 Å². The van der Waals surface area contributed by atoms with Gasteiger partial charge in [-0.3, -0.25) is 19.3 Å². The summed E-state index contributed by atoms with van der Waals surface area (Å²) in [5.74, 6) is 1.15. The zero-order valence-corrected chi connectivity index (χ0v) is 14.3. The molecule has 3 rings (SSSR count). The number of benzene rings is 1. The molecule has 2 aromatic rings. The van der Waals surface area contributed by atoms with Gasteiger partial charge in [-0.2, -0.15) is 0 Å². The van der Waals surface area contributed by atoms with E-state index in [0.717, 1.165) is 17.1 Å². The number of furan rings is 1. The Morgan fingerprint density at radius 1 is 1.08 bits per heavy atom. The summed E-state index contributed by atoms with van der Waals surface area (Å²) in [5.41, 5.74) is 1.37. The quantitative estimate of drug-likeness (QED) is 0.784. The van der Waals surface area contributed by atoms with Crippen molar-refractivity contribution in [1.29, 1.82) is 0 Å². The first-order valence-corrected chi connectivity index (χ1v) is 8.17. The molecule has 0 radical (unpaired) electrons. The first kappa shape index (κ1) is 17.0. The van der Waals surface area contributed by atoms with Crippen molar-refractivity contribution >= 4 is 17.7 Å². The van der Waals surface area contributed by atoms with Crippen LogP contribution in [0.15, 0.2) is 40.8 Å². The molecule has 6 nitrogen and oxygen atoms in total. The van der Waals surface area contributed by atoms with Crippen molar-refractivity contribution in [2.45, 2.75) is 32.9 Å². The Balaban J connectivity index is 1.64. The topological polar surface area (TPSA) is 70.8 Å². The molecule has 0 N–H and O–H groups in total. The van der Waals surface area contributed by atoms with Gasteiger partial charge in [-0.1, -0.05) is 12.1 Å². The molecule has 130 valence electrons. The van der Waals surface area contributed by atoms with Crippen LogP contribution in [0.3, 0.4) is 0 Å². The minimum absolute atomic E-state index is 0.117. The van der Waals surface area contributed by atoms with Crippen molar-refractivity contribution in [3.63, 3.8) is 0 Å². The van der Waals surface area contributed by atoms with Crippen molar-refractivity contribution in [2.24, 2.45) is 0 Å². The van der Waals surface area contributed by atoms with Crippen molar-refractivity contribution in [3.8, 4) is 0 Å². The molecule has 0 spiro atoms. The standard InChI is InChI=1S/C19H20N2O4/c1-13-3-8-16(25-13)12-20(2)19(24)15-6-4-14(5-7-15)11-21-17(22)9-10-18(21)23/h3-8H,9-12H2,1-2H3. The molecule has 0 atom stereocenters. The Bertz CT molecular complexity index is 791. The van der Waals surface area contributed by atoms with Crippen LogP contribution >= 0.6 is 0 Å². The van der Waals surface area contributed by atoms with E-state index in [-0.39, 0.29) is 37.1 Å². The first-order chi connectivity index (χ1) is 11.9. The number of hydrogen-bond acceptors (Lipinski definition) is 4. The number of rotatable bonds is 5. The van der Waals surface area contributed by atoms with E-state index < -0.39 is 0 Å². The van der Waals surface area contributed by atoms with E-state index in [4.69, 9.17) is 4.42 Å². The molecule has 6 heteroatoms. The molecule has 25 heavy (non-hydrogen) atoms. The van der Waals surface area contributed by atoms with Crippen LogP contribution in [-0.4, -0.2) is 34.6 Å². The van der Waals surface area contributed by atoms with Gasteiger partial charge in [-0.25, -0.2) is 0 Å². The predicted octanol–water partition coefficient (Wildman–Crippen LogP) is 2.51. The second-order valence-corrected chi connectivity index (χ2v) is 6.24. The van der Waals surface area contributed by atoms with Crippen LogP contribution in [0.4, 0.5) is 0 Å². The lowest BCUT2D eigenvalue weighted by molar-refractivity contribution is -0.139. The third kappa shape index (κ3) is 3.79. The monoisotopic (exact) mass is 340 g/mol. The fourth-order valence-electron chi connectivity index (χ4n) is 2.83. The van der Waals surface area contributed by atoms with Gasteiger partial charge < -0.3 is 9.32 Å². The van der Waals surface area contributed by atoms with Crippen LogP contribution in [0.5, 0.6) is 0 Å². The van der Waals surface area contributed by atoms with Gasteiger partial charge in [0.1, 0.15) is 11.5 Å².